The lowest BCUT2D eigenvalue weighted by atomic mass is 10.1. The molecule has 0 spiro atoms. The molecule has 0 N–H and O–H groups in total. The molecule has 0 aromatic heterocycles. The summed E-state index contributed by atoms with van der Waals surface area (Å²) in [4.78, 5) is 10.2. The zero-order valence-corrected chi connectivity index (χ0v) is 7.84. The molecule has 1 aliphatic carbocycles. The van der Waals surface area contributed by atoms with Crippen molar-refractivity contribution in [3.05, 3.63) is 39.9 Å². The van der Waals surface area contributed by atoms with Gasteiger partial charge < -0.3 is 4.74 Å². The van der Waals surface area contributed by atoms with Gasteiger partial charge in [-0.1, -0.05) is 12.1 Å². The van der Waals surface area contributed by atoms with Crippen LogP contribution in [-0.2, 0) is 0 Å². The Morgan fingerprint density at radius 3 is 2.50 bits per heavy atom. The van der Waals surface area contributed by atoms with E-state index >= 15 is 0 Å². The molecule has 1 aromatic rings. The molecule has 0 amide bonds. The molecule has 0 bridgehead atoms. The molecular formula is C10H11NO3. The largest absolute Gasteiger partial charge is 0.497 e. The molecule has 0 saturated heterocycles. The van der Waals surface area contributed by atoms with Crippen LogP contribution in [-0.4, -0.2) is 18.1 Å². The van der Waals surface area contributed by atoms with Gasteiger partial charge in [0.15, 0.2) is 0 Å². The van der Waals surface area contributed by atoms with E-state index in [2.05, 4.69) is 0 Å². The van der Waals surface area contributed by atoms with E-state index in [9.17, 15) is 10.1 Å². The number of nitrogens with zero attached hydrogens (tertiary/aromatic N) is 1. The van der Waals surface area contributed by atoms with Gasteiger partial charge in [0, 0.05) is 11.3 Å². The number of ether oxygens (including phenoxy) is 1. The van der Waals surface area contributed by atoms with Gasteiger partial charge in [-0.25, -0.2) is 0 Å². The Kier molecular flexibility index (Phi) is 2.11. The van der Waals surface area contributed by atoms with E-state index in [4.69, 9.17) is 4.74 Å². The van der Waals surface area contributed by atoms with Gasteiger partial charge in [0.2, 0.25) is 6.04 Å². The number of rotatable bonds is 3. The highest BCUT2D eigenvalue weighted by Crippen LogP contribution is 2.42. The summed E-state index contributed by atoms with van der Waals surface area (Å²) in [6.07, 6.45) is 0.666. The van der Waals surface area contributed by atoms with Crippen molar-refractivity contribution >= 4 is 0 Å². The van der Waals surface area contributed by atoms with Gasteiger partial charge in [-0.3, -0.25) is 10.1 Å². The van der Waals surface area contributed by atoms with Gasteiger partial charge in [-0.05, 0) is 17.7 Å². The maximum Gasteiger partial charge on any atom is 0.221 e. The van der Waals surface area contributed by atoms with Crippen LogP contribution in [0.2, 0.25) is 0 Å². The van der Waals surface area contributed by atoms with Crippen LogP contribution >= 0.6 is 0 Å². The van der Waals surface area contributed by atoms with Crippen LogP contribution in [0.25, 0.3) is 0 Å². The van der Waals surface area contributed by atoms with Crippen molar-refractivity contribution in [1.29, 1.82) is 0 Å². The first kappa shape index (κ1) is 8.99. The van der Waals surface area contributed by atoms with Crippen LogP contribution < -0.4 is 4.74 Å². The molecule has 1 fully saturated rings. The molecule has 14 heavy (non-hydrogen) atoms. The van der Waals surface area contributed by atoms with Crippen LogP contribution in [0, 0.1) is 10.1 Å². The summed E-state index contributed by atoms with van der Waals surface area (Å²) in [5.74, 6) is 0.892. The van der Waals surface area contributed by atoms with Crippen LogP contribution in [0.5, 0.6) is 5.75 Å². The maximum absolute atomic E-state index is 10.4. The van der Waals surface area contributed by atoms with Crippen molar-refractivity contribution in [2.24, 2.45) is 0 Å². The standard InChI is InChI=1S/C10H11NO3/c1-14-8-4-2-7(3-5-8)9-6-10(9)11(12)13/h2-5,9-10H,6H2,1H3/t9-,10+/m1/s1. The third-order valence-corrected chi connectivity index (χ3v) is 2.57. The molecule has 0 heterocycles. The first-order valence-corrected chi connectivity index (χ1v) is 4.50. The summed E-state index contributed by atoms with van der Waals surface area (Å²) in [6.45, 7) is 0. The Morgan fingerprint density at radius 2 is 2.07 bits per heavy atom. The highest BCUT2D eigenvalue weighted by molar-refractivity contribution is 5.32. The average Bonchev–Trinajstić information content (AvgIpc) is 2.97. The van der Waals surface area contributed by atoms with Crippen molar-refractivity contribution in [3.63, 3.8) is 0 Å². The number of hydrogen-bond donors (Lipinski definition) is 0. The van der Waals surface area contributed by atoms with Crippen LogP contribution in [0.15, 0.2) is 24.3 Å². The fourth-order valence-corrected chi connectivity index (χ4v) is 1.62. The minimum atomic E-state index is -0.372. The average molecular weight is 193 g/mol. The molecule has 4 nitrogen and oxygen atoms in total. The van der Waals surface area contributed by atoms with Gasteiger partial charge in [0.1, 0.15) is 5.75 Å². The van der Waals surface area contributed by atoms with Gasteiger partial charge in [0.25, 0.3) is 0 Å². The van der Waals surface area contributed by atoms with Crippen LogP contribution in [0.1, 0.15) is 17.9 Å². The predicted octanol–water partition coefficient (Wildman–Crippen LogP) is 1.83. The zero-order valence-electron chi connectivity index (χ0n) is 7.84. The molecule has 74 valence electrons. The summed E-state index contributed by atoms with van der Waals surface area (Å²) in [7, 11) is 1.60. The third kappa shape index (κ3) is 1.55. The quantitative estimate of drug-likeness (QED) is 0.543. The third-order valence-electron chi connectivity index (χ3n) is 2.57. The monoisotopic (exact) mass is 193 g/mol. The molecule has 2 atom stereocenters. The Labute approximate surface area is 81.7 Å². The molecule has 1 saturated carbocycles. The molecule has 0 aliphatic heterocycles. The van der Waals surface area contributed by atoms with Crippen molar-refractivity contribution in [2.45, 2.75) is 18.4 Å². The van der Waals surface area contributed by atoms with Crippen molar-refractivity contribution in [1.82, 2.24) is 0 Å². The summed E-state index contributed by atoms with van der Waals surface area (Å²) in [5, 5.41) is 10.4. The van der Waals surface area contributed by atoms with E-state index in [1.54, 1.807) is 7.11 Å². The normalized spacial score (nSPS) is 24.4. The van der Waals surface area contributed by atoms with E-state index in [0.29, 0.717) is 6.42 Å². The van der Waals surface area contributed by atoms with Gasteiger partial charge in [-0.2, -0.15) is 0 Å². The Morgan fingerprint density at radius 1 is 1.43 bits per heavy atom. The smallest absolute Gasteiger partial charge is 0.221 e. The van der Waals surface area contributed by atoms with E-state index in [1.165, 1.54) is 0 Å². The highest BCUT2D eigenvalue weighted by atomic mass is 16.6. The van der Waals surface area contributed by atoms with E-state index < -0.39 is 0 Å². The molecular weight excluding hydrogens is 182 g/mol. The summed E-state index contributed by atoms with van der Waals surface area (Å²) >= 11 is 0. The lowest BCUT2D eigenvalue weighted by molar-refractivity contribution is -0.496. The number of hydrogen-bond acceptors (Lipinski definition) is 3. The SMILES string of the molecule is COc1ccc([C@H]2C[C@@H]2[N+](=O)[O-])cc1. The molecule has 0 radical (unpaired) electrons. The summed E-state index contributed by atoms with van der Waals surface area (Å²) in [5.41, 5.74) is 1.03. The lowest BCUT2D eigenvalue weighted by Gasteiger charge is -2.00. The summed E-state index contributed by atoms with van der Waals surface area (Å²) in [6, 6.07) is 7.10. The summed E-state index contributed by atoms with van der Waals surface area (Å²) < 4.78 is 5.01. The van der Waals surface area contributed by atoms with Crippen LogP contribution in [0.3, 0.4) is 0 Å². The van der Waals surface area contributed by atoms with Gasteiger partial charge >= 0.3 is 0 Å². The Hall–Kier alpha value is -1.58. The minimum absolute atomic E-state index is 0.107. The molecule has 0 unspecified atom stereocenters. The number of methoxy groups -OCH3 is 1. The molecule has 4 heteroatoms. The van der Waals surface area contributed by atoms with Crippen molar-refractivity contribution in [2.75, 3.05) is 7.11 Å². The van der Waals surface area contributed by atoms with Gasteiger partial charge in [0.05, 0.1) is 13.0 Å². The van der Waals surface area contributed by atoms with E-state index in [0.717, 1.165) is 11.3 Å². The van der Waals surface area contributed by atoms with E-state index in [-0.39, 0.29) is 16.9 Å². The second-order valence-corrected chi connectivity index (χ2v) is 3.47. The topological polar surface area (TPSA) is 52.4 Å². The second-order valence-electron chi connectivity index (χ2n) is 3.47. The fraction of sp³-hybridized carbons (Fsp3) is 0.400. The predicted molar refractivity (Wildman–Crippen MR) is 51.1 cm³/mol. The minimum Gasteiger partial charge on any atom is -0.497 e. The molecule has 1 aliphatic rings. The highest BCUT2D eigenvalue weighted by Gasteiger charge is 2.48. The fourth-order valence-electron chi connectivity index (χ4n) is 1.62. The lowest BCUT2D eigenvalue weighted by Crippen LogP contribution is -2.02. The van der Waals surface area contributed by atoms with E-state index in [1.807, 2.05) is 24.3 Å². The Bertz CT molecular complexity index is 347. The zero-order chi connectivity index (χ0) is 10.1. The first-order chi connectivity index (χ1) is 6.72. The van der Waals surface area contributed by atoms with Gasteiger partial charge in [-0.15, -0.1) is 0 Å². The maximum atomic E-state index is 10.4. The molecule has 1 aromatic carbocycles. The van der Waals surface area contributed by atoms with Crippen molar-refractivity contribution in [3.8, 4) is 5.75 Å². The van der Waals surface area contributed by atoms with Crippen molar-refractivity contribution < 1.29 is 9.66 Å². The Balaban J connectivity index is 2.08. The molecule has 2 rings (SSSR count). The second kappa shape index (κ2) is 3.29. The number of nitro groups is 1. The first-order valence-electron chi connectivity index (χ1n) is 4.50. The van der Waals surface area contributed by atoms with Crippen LogP contribution in [0.4, 0.5) is 0 Å². The number of benzene rings is 1.